The third-order valence-corrected chi connectivity index (χ3v) is 4.69. The molecule has 0 aliphatic heterocycles. The molecule has 1 aromatic carbocycles. The fraction of sp³-hybridized carbons (Fsp3) is 0.556. The molecule has 144 valence electrons. The number of amides is 1. The van der Waals surface area contributed by atoms with Gasteiger partial charge in [-0.25, -0.2) is 0 Å². The van der Waals surface area contributed by atoms with Crippen LogP contribution >= 0.6 is 0 Å². The number of carboxylic acids is 1. The summed E-state index contributed by atoms with van der Waals surface area (Å²) in [7, 11) is 0. The molecular formula is C18H22F3NO4. The van der Waals surface area contributed by atoms with Gasteiger partial charge in [-0.1, -0.05) is 12.1 Å². The minimum Gasteiger partial charge on any atom is -0.481 e. The van der Waals surface area contributed by atoms with E-state index in [4.69, 9.17) is 5.11 Å². The van der Waals surface area contributed by atoms with Crippen LogP contribution in [0.3, 0.4) is 0 Å². The lowest BCUT2D eigenvalue weighted by atomic mass is 9.81. The van der Waals surface area contributed by atoms with E-state index in [-0.39, 0.29) is 17.6 Å². The number of carboxylic acid groups (broad SMARTS) is 1. The van der Waals surface area contributed by atoms with Crippen LogP contribution in [0.2, 0.25) is 0 Å². The predicted octanol–water partition coefficient (Wildman–Crippen LogP) is 3.83. The van der Waals surface area contributed by atoms with Crippen molar-refractivity contribution in [1.82, 2.24) is 5.32 Å². The highest BCUT2D eigenvalue weighted by Gasteiger charge is 2.33. The number of rotatable bonds is 5. The molecule has 26 heavy (non-hydrogen) atoms. The van der Waals surface area contributed by atoms with E-state index in [1.165, 1.54) is 24.3 Å². The lowest BCUT2D eigenvalue weighted by molar-refractivity contribution is -0.274. The molecule has 1 aliphatic rings. The largest absolute Gasteiger partial charge is 0.573 e. The number of ether oxygens (including phenoxy) is 1. The van der Waals surface area contributed by atoms with Crippen molar-refractivity contribution in [3.8, 4) is 5.75 Å². The predicted molar refractivity (Wildman–Crippen MR) is 87.4 cm³/mol. The quantitative estimate of drug-likeness (QED) is 0.823. The summed E-state index contributed by atoms with van der Waals surface area (Å²) in [5, 5.41) is 11.9. The van der Waals surface area contributed by atoms with Crippen molar-refractivity contribution in [1.29, 1.82) is 0 Å². The summed E-state index contributed by atoms with van der Waals surface area (Å²) in [6.07, 6.45) is -2.79. The highest BCUT2D eigenvalue weighted by molar-refractivity contribution is 5.80. The zero-order valence-electron chi connectivity index (χ0n) is 14.6. The molecule has 1 aliphatic carbocycles. The van der Waals surface area contributed by atoms with Crippen LogP contribution in [0, 0.1) is 11.8 Å². The highest BCUT2D eigenvalue weighted by Crippen LogP contribution is 2.31. The Kier molecular flexibility index (Phi) is 5.83. The first-order valence-corrected chi connectivity index (χ1v) is 8.39. The Balaban J connectivity index is 1.97. The van der Waals surface area contributed by atoms with E-state index in [0.29, 0.717) is 31.2 Å². The summed E-state index contributed by atoms with van der Waals surface area (Å²) in [6.45, 7) is 3.51. The number of alkyl halides is 3. The van der Waals surface area contributed by atoms with Crippen molar-refractivity contribution in [2.24, 2.45) is 11.8 Å². The average molecular weight is 373 g/mol. The van der Waals surface area contributed by atoms with E-state index in [2.05, 4.69) is 10.1 Å². The lowest BCUT2D eigenvalue weighted by Crippen LogP contribution is -2.45. The Morgan fingerprint density at radius 3 is 2.00 bits per heavy atom. The SMILES string of the molecule is CC(C)(NC(=O)C1CCC(C(=O)O)CC1)c1ccc(OC(F)(F)F)cc1. The number of carbonyl (C=O) groups excluding carboxylic acids is 1. The number of carbonyl (C=O) groups is 2. The second kappa shape index (κ2) is 7.55. The molecule has 0 aromatic heterocycles. The molecule has 8 heteroatoms. The number of halogens is 3. The van der Waals surface area contributed by atoms with Crippen LogP contribution in [0.1, 0.15) is 45.1 Å². The summed E-state index contributed by atoms with van der Waals surface area (Å²) in [5.74, 6) is -1.97. The van der Waals surface area contributed by atoms with Crippen molar-refractivity contribution in [3.05, 3.63) is 29.8 Å². The molecular weight excluding hydrogens is 351 g/mol. The topological polar surface area (TPSA) is 75.6 Å². The summed E-state index contributed by atoms with van der Waals surface area (Å²) >= 11 is 0. The van der Waals surface area contributed by atoms with Gasteiger partial charge >= 0.3 is 12.3 Å². The van der Waals surface area contributed by atoms with E-state index in [0.717, 1.165) is 0 Å². The molecule has 1 aromatic rings. The number of benzene rings is 1. The molecule has 0 bridgehead atoms. The van der Waals surface area contributed by atoms with Crippen molar-refractivity contribution in [2.45, 2.75) is 51.4 Å². The summed E-state index contributed by atoms with van der Waals surface area (Å²) in [5.41, 5.74) is -0.142. The van der Waals surface area contributed by atoms with E-state index in [1.54, 1.807) is 13.8 Å². The Labute approximate surface area is 149 Å². The maximum atomic E-state index is 12.5. The summed E-state index contributed by atoms with van der Waals surface area (Å²) < 4.78 is 40.5. The van der Waals surface area contributed by atoms with Gasteiger partial charge in [-0.05, 0) is 57.2 Å². The van der Waals surface area contributed by atoms with E-state index in [1.807, 2.05) is 0 Å². The molecule has 1 saturated carbocycles. The highest BCUT2D eigenvalue weighted by atomic mass is 19.4. The Morgan fingerprint density at radius 1 is 1.04 bits per heavy atom. The zero-order chi connectivity index (χ0) is 19.5. The van der Waals surface area contributed by atoms with Gasteiger partial charge in [0.05, 0.1) is 11.5 Å². The Hall–Kier alpha value is -2.25. The maximum absolute atomic E-state index is 12.5. The molecule has 1 fully saturated rings. The Bertz CT molecular complexity index is 647. The monoisotopic (exact) mass is 373 g/mol. The Morgan fingerprint density at radius 2 is 1.54 bits per heavy atom. The summed E-state index contributed by atoms with van der Waals surface area (Å²) in [6, 6.07) is 5.36. The number of hydrogen-bond acceptors (Lipinski definition) is 3. The second-order valence-corrected chi connectivity index (χ2v) is 7.07. The van der Waals surface area contributed by atoms with Crippen LogP contribution < -0.4 is 10.1 Å². The normalized spacial score (nSPS) is 21.1. The fourth-order valence-corrected chi connectivity index (χ4v) is 3.16. The molecule has 0 heterocycles. The van der Waals surface area contributed by atoms with Crippen LogP contribution in [0.5, 0.6) is 5.75 Å². The fourth-order valence-electron chi connectivity index (χ4n) is 3.16. The van der Waals surface area contributed by atoms with Crippen molar-refractivity contribution < 1.29 is 32.6 Å². The van der Waals surface area contributed by atoms with Gasteiger partial charge in [0.15, 0.2) is 0 Å². The van der Waals surface area contributed by atoms with Crippen molar-refractivity contribution in [2.75, 3.05) is 0 Å². The van der Waals surface area contributed by atoms with Crippen LogP contribution in [0.15, 0.2) is 24.3 Å². The zero-order valence-corrected chi connectivity index (χ0v) is 14.6. The van der Waals surface area contributed by atoms with E-state index < -0.39 is 23.8 Å². The van der Waals surface area contributed by atoms with Gasteiger partial charge in [0.25, 0.3) is 0 Å². The van der Waals surface area contributed by atoms with Crippen LogP contribution in [-0.2, 0) is 15.1 Å². The van der Waals surface area contributed by atoms with Crippen LogP contribution in [0.25, 0.3) is 0 Å². The van der Waals surface area contributed by atoms with Crippen molar-refractivity contribution in [3.63, 3.8) is 0 Å². The molecule has 0 radical (unpaired) electrons. The van der Waals surface area contributed by atoms with Gasteiger partial charge in [0.1, 0.15) is 5.75 Å². The molecule has 2 rings (SSSR count). The summed E-state index contributed by atoms with van der Waals surface area (Å²) in [4.78, 5) is 23.5. The van der Waals surface area contributed by atoms with E-state index in [9.17, 15) is 22.8 Å². The smallest absolute Gasteiger partial charge is 0.481 e. The molecule has 2 N–H and O–H groups in total. The van der Waals surface area contributed by atoms with Gasteiger partial charge in [0.2, 0.25) is 5.91 Å². The first-order chi connectivity index (χ1) is 12.0. The van der Waals surface area contributed by atoms with E-state index >= 15 is 0 Å². The van der Waals surface area contributed by atoms with Gasteiger partial charge < -0.3 is 15.2 Å². The van der Waals surface area contributed by atoms with Gasteiger partial charge in [-0.2, -0.15) is 0 Å². The van der Waals surface area contributed by atoms with Crippen molar-refractivity contribution >= 4 is 11.9 Å². The molecule has 0 atom stereocenters. The van der Waals surface area contributed by atoms with Gasteiger partial charge in [0, 0.05) is 5.92 Å². The number of aliphatic carboxylic acids is 1. The first-order valence-electron chi connectivity index (χ1n) is 8.39. The third kappa shape index (κ3) is 5.37. The first kappa shape index (κ1) is 20.1. The number of hydrogen-bond donors (Lipinski definition) is 2. The molecule has 0 saturated heterocycles. The molecule has 0 spiro atoms. The standard InChI is InChI=1S/C18H22F3NO4/c1-17(2,13-7-9-14(10-8-13)26-18(19,20)21)22-15(23)11-3-5-12(6-4-11)16(24)25/h7-12H,3-6H2,1-2H3,(H,22,23)(H,24,25). The maximum Gasteiger partial charge on any atom is 0.573 e. The molecule has 5 nitrogen and oxygen atoms in total. The van der Waals surface area contributed by atoms with Crippen LogP contribution in [-0.4, -0.2) is 23.3 Å². The lowest BCUT2D eigenvalue weighted by Gasteiger charge is -2.31. The minimum atomic E-state index is -4.75. The average Bonchev–Trinajstić information content (AvgIpc) is 2.53. The van der Waals surface area contributed by atoms with Gasteiger partial charge in [-0.15, -0.1) is 13.2 Å². The second-order valence-electron chi connectivity index (χ2n) is 7.07. The number of nitrogens with one attached hydrogen (secondary N) is 1. The minimum absolute atomic E-state index is 0.172. The molecule has 1 amide bonds. The molecule has 0 unspecified atom stereocenters. The van der Waals surface area contributed by atoms with Crippen LogP contribution in [0.4, 0.5) is 13.2 Å². The van der Waals surface area contributed by atoms with Gasteiger partial charge in [-0.3, -0.25) is 9.59 Å². The third-order valence-electron chi connectivity index (χ3n) is 4.69.